The van der Waals surface area contributed by atoms with Crippen molar-refractivity contribution in [2.75, 3.05) is 41.0 Å². The number of aliphatic carboxylic acids is 1. The molecule has 328 valence electrons. The highest BCUT2D eigenvalue weighted by Gasteiger charge is 2.31. The molecule has 0 aromatic rings. The maximum absolute atomic E-state index is 12.7. The lowest BCUT2D eigenvalue weighted by Crippen LogP contribution is -2.50. The molecule has 8 nitrogen and oxygen atoms in total. The summed E-state index contributed by atoms with van der Waals surface area (Å²) in [6.45, 7) is 4.59. The van der Waals surface area contributed by atoms with Gasteiger partial charge in [-0.2, -0.15) is 0 Å². The first kappa shape index (κ1) is 54.0. The van der Waals surface area contributed by atoms with E-state index < -0.39 is 18.1 Å². The van der Waals surface area contributed by atoms with E-state index in [0.717, 1.165) is 83.5 Å². The van der Waals surface area contributed by atoms with Crippen molar-refractivity contribution in [3.63, 3.8) is 0 Å². The van der Waals surface area contributed by atoms with Gasteiger partial charge in [-0.15, -0.1) is 0 Å². The second-order valence-electron chi connectivity index (χ2n) is 16.3. The van der Waals surface area contributed by atoms with Gasteiger partial charge in [-0.25, -0.2) is 4.79 Å². The summed E-state index contributed by atoms with van der Waals surface area (Å²) in [7, 11) is 5.52. The molecular weight excluding hydrogens is 715 g/mol. The molecule has 0 aromatic carbocycles. The Morgan fingerprint density at radius 2 is 0.982 bits per heavy atom. The zero-order chi connectivity index (χ0) is 42.1. The van der Waals surface area contributed by atoms with Crippen molar-refractivity contribution in [2.24, 2.45) is 0 Å². The number of carbonyl (C=O) groups is 3. The molecule has 0 fully saturated rings. The van der Waals surface area contributed by atoms with Crippen LogP contribution in [0.4, 0.5) is 0 Å². The molecule has 0 rings (SSSR count). The normalized spacial score (nSPS) is 13.5. The van der Waals surface area contributed by atoms with E-state index in [2.05, 4.69) is 74.6 Å². The van der Waals surface area contributed by atoms with Gasteiger partial charge in [0, 0.05) is 19.3 Å². The maximum Gasteiger partial charge on any atom is 0.362 e. The van der Waals surface area contributed by atoms with Crippen molar-refractivity contribution in [1.82, 2.24) is 0 Å². The summed E-state index contributed by atoms with van der Waals surface area (Å²) in [5, 5.41) is 9.61. The van der Waals surface area contributed by atoms with Crippen LogP contribution in [0.5, 0.6) is 0 Å². The van der Waals surface area contributed by atoms with Crippen LogP contribution in [0, 0.1) is 0 Å². The van der Waals surface area contributed by atoms with E-state index >= 15 is 0 Å². The Bertz CT molecular complexity index is 1120. The molecule has 0 bridgehead atoms. The zero-order valence-electron chi connectivity index (χ0n) is 37.3. The first-order valence-corrected chi connectivity index (χ1v) is 22.8. The second kappa shape index (κ2) is 39.8. The fraction of sp³-hybridized carbons (Fsp3) is 0.735. The molecule has 0 aliphatic carbocycles. The number of carbonyl (C=O) groups excluding carboxylic acids is 2. The number of allylic oxidation sites excluding steroid dienone is 10. The topological polar surface area (TPSA) is 99.1 Å². The van der Waals surface area contributed by atoms with E-state index in [1.54, 1.807) is 0 Å². The number of hydrogen-bond donors (Lipinski definition) is 1. The van der Waals surface area contributed by atoms with Crippen LogP contribution >= 0.6 is 0 Å². The van der Waals surface area contributed by atoms with Crippen molar-refractivity contribution in [2.45, 2.75) is 193 Å². The lowest BCUT2D eigenvalue weighted by molar-refractivity contribution is -0.887. The van der Waals surface area contributed by atoms with E-state index in [4.69, 9.17) is 14.2 Å². The minimum Gasteiger partial charge on any atom is -0.477 e. The molecule has 0 aliphatic rings. The van der Waals surface area contributed by atoms with Crippen LogP contribution in [-0.2, 0) is 28.6 Å². The summed E-state index contributed by atoms with van der Waals surface area (Å²) in [6, 6.07) is -0.617. The highest BCUT2D eigenvalue weighted by atomic mass is 16.6. The van der Waals surface area contributed by atoms with Gasteiger partial charge in [0.05, 0.1) is 34.4 Å². The van der Waals surface area contributed by atoms with E-state index in [1.807, 2.05) is 21.1 Å². The summed E-state index contributed by atoms with van der Waals surface area (Å²) < 4.78 is 17.3. The lowest BCUT2D eigenvalue weighted by Gasteiger charge is -2.31. The van der Waals surface area contributed by atoms with Crippen molar-refractivity contribution in [1.29, 1.82) is 0 Å². The van der Waals surface area contributed by atoms with Gasteiger partial charge in [-0.05, 0) is 57.8 Å². The molecule has 2 unspecified atom stereocenters. The van der Waals surface area contributed by atoms with E-state index in [1.165, 1.54) is 64.2 Å². The summed E-state index contributed by atoms with van der Waals surface area (Å²) in [5.74, 6) is -1.48. The van der Waals surface area contributed by atoms with Gasteiger partial charge < -0.3 is 23.8 Å². The van der Waals surface area contributed by atoms with Gasteiger partial charge in [0.2, 0.25) is 0 Å². The number of nitrogens with zero attached hydrogens (tertiary/aromatic N) is 1. The van der Waals surface area contributed by atoms with Gasteiger partial charge in [0.15, 0.2) is 12.1 Å². The molecule has 57 heavy (non-hydrogen) atoms. The third-order valence-electron chi connectivity index (χ3n) is 9.93. The van der Waals surface area contributed by atoms with Crippen molar-refractivity contribution < 1.29 is 38.2 Å². The molecule has 0 aliphatic heterocycles. The van der Waals surface area contributed by atoms with Crippen LogP contribution in [0.1, 0.15) is 181 Å². The van der Waals surface area contributed by atoms with Gasteiger partial charge in [0.25, 0.3) is 0 Å². The monoisotopic (exact) mass is 801 g/mol. The van der Waals surface area contributed by atoms with Crippen molar-refractivity contribution in [3.05, 3.63) is 60.8 Å². The molecule has 0 saturated carbocycles. The Hall–Kier alpha value is -2.97. The van der Waals surface area contributed by atoms with Crippen molar-refractivity contribution >= 4 is 17.9 Å². The average Bonchev–Trinajstić information content (AvgIpc) is 3.17. The second-order valence-corrected chi connectivity index (χ2v) is 16.3. The Labute approximate surface area is 349 Å². The first-order valence-electron chi connectivity index (χ1n) is 22.8. The van der Waals surface area contributed by atoms with E-state index in [0.29, 0.717) is 19.3 Å². The zero-order valence-corrected chi connectivity index (χ0v) is 37.3. The van der Waals surface area contributed by atoms with Crippen LogP contribution in [0.25, 0.3) is 0 Å². The summed E-state index contributed by atoms with van der Waals surface area (Å²) in [4.78, 5) is 36.9. The number of carboxylic acid groups (broad SMARTS) is 1. The number of likely N-dealkylation sites (N-methyl/N-ethyl adjacent to an activating group) is 1. The molecule has 8 heteroatoms. The van der Waals surface area contributed by atoms with Gasteiger partial charge in [-0.3, -0.25) is 9.59 Å². The Balaban J connectivity index is 4.28. The lowest BCUT2D eigenvalue weighted by atomic mass is 10.1. The minimum absolute atomic E-state index is 0.0559. The molecule has 0 radical (unpaired) electrons. The number of esters is 2. The predicted molar refractivity (Wildman–Crippen MR) is 238 cm³/mol. The standard InChI is InChI=1S/C49H85NO7/c1-6-8-10-12-14-16-18-19-20-21-22-23-24-25-26-27-28-29-30-32-34-36-38-40-48(52)57-45(43-55-42-41-46(49(53)54)50(3,4)5)44-56-47(51)39-37-35-33-31-17-15-13-11-9-7-2/h8,10,14,16,19-20,22-23,25-26,45-46H,6-7,9,11-13,15,17-18,21,24,27-44H2,1-5H3/p+1/b10-8+,16-14+,20-19+,23-22+,26-25+. The third-order valence-corrected chi connectivity index (χ3v) is 9.93. The van der Waals surface area contributed by atoms with Gasteiger partial charge in [-0.1, -0.05) is 164 Å². The van der Waals surface area contributed by atoms with Crippen LogP contribution in [-0.4, -0.2) is 80.6 Å². The molecule has 2 atom stereocenters. The molecule has 0 aromatic heterocycles. The average molecular weight is 801 g/mol. The third kappa shape index (κ3) is 38.3. The summed E-state index contributed by atoms with van der Waals surface area (Å²) in [5.41, 5.74) is 0. The maximum atomic E-state index is 12.7. The summed E-state index contributed by atoms with van der Waals surface area (Å²) in [6.07, 6.45) is 48.4. The predicted octanol–water partition coefficient (Wildman–Crippen LogP) is 12.6. The number of rotatable bonds is 40. The first-order chi connectivity index (χ1) is 27.6. The quantitative estimate of drug-likeness (QED) is 0.0285. The van der Waals surface area contributed by atoms with Gasteiger partial charge in [0.1, 0.15) is 6.61 Å². The number of ether oxygens (including phenoxy) is 3. The Morgan fingerprint density at radius 3 is 1.46 bits per heavy atom. The van der Waals surface area contributed by atoms with Crippen molar-refractivity contribution in [3.8, 4) is 0 Å². The fourth-order valence-electron chi connectivity index (χ4n) is 6.41. The van der Waals surface area contributed by atoms with E-state index in [9.17, 15) is 19.5 Å². The van der Waals surface area contributed by atoms with Crippen LogP contribution in [0.15, 0.2) is 60.8 Å². The molecular formula is C49H86NO7+. The van der Waals surface area contributed by atoms with Crippen LogP contribution in [0.3, 0.4) is 0 Å². The molecule has 0 spiro atoms. The Morgan fingerprint density at radius 1 is 0.544 bits per heavy atom. The van der Waals surface area contributed by atoms with E-state index in [-0.39, 0.29) is 36.2 Å². The van der Waals surface area contributed by atoms with Crippen LogP contribution in [0.2, 0.25) is 0 Å². The fourth-order valence-corrected chi connectivity index (χ4v) is 6.41. The SMILES string of the molecule is CC/C=C/C/C=C/C/C=C/C/C=C/C/C=C/CCCCCCCCCC(=O)OC(COCCC(C(=O)O)[N+](C)(C)C)COC(=O)CCCCCCCCCCCC. The van der Waals surface area contributed by atoms with Gasteiger partial charge >= 0.3 is 17.9 Å². The molecule has 0 amide bonds. The number of carboxylic acids is 1. The molecule has 0 saturated heterocycles. The number of unbranched alkanes of at least 4 members (excludes halogenated alkanes) is 16. The smallest absolute Gasteiger partial charge is 0.362 e. The summed E-state index contributed by atoms with van der Waals surface area (Å²) >= 11 is 0. The number of hydrogen-bond acceptors (Lipinski definition) is 6. The van der Waals surface area contributed by atoms with Crippen LogP contribution < -0.4 is 0 Å². The number of quaternary nitrogens is 1. The molecule has 0 heterocycles. The highest BCUT2D eigenvalue weighted by Crippen LogP contribution is 2.14. The largest absolute Gasteiger partial charge is 0.477 e. The highest BCUT2D eigenvalue weighted by molar-refractivity contribution is 5.72. The molecule has 1 N–H and O–H groups in total. The minimum atomic E-state index is -0.878. The Kier molecular flexibility index (Phi) is 37.8.